The monoisotopic (exact) mass is 469 g/mol. The Kier molecular flexibility index (Phi) is 6.48. The number of carbonyl (C=O) groups excluding carboxylic acids is 1. The van der Waals surface area contributed by atoms with E-state index in [4.69, 9.17) is 4.52 Å². The molecule has 1 amide bonds. The third-order valence-corrected chi connectivity index (χ3v) is 7.66. The minimum absolute atomic E-state index is 0.0520. The standard InChI is InChI=1S/C18H23N5O6S2/c1-11-17(13(3)29-21-11)31(27,28)22-12(2)18(24)20-14-6-4-7-15(10-14)30(25,26)23-16-8-5-9-19-16/h4,6-7,10,12,22H,5,8-9H2,1-3H3,(H,19,23)(H,20,24)/t12-/m0/s1. The van der Waals surface area contributed by atoms with Gasteiger partial charge in [-0.05, 0) is 45.4 Å². The number of aliphatic imine (C=N–C) groups is 1. The summed E-state index contributed by atoms with van der Waals surface area (Å²) in [5.74, 6) is -0.162. The minimum atomic E-state index is -4.05. The zero-order chi connectivity index (χ0) is 22.8. The van der Waals surface area contributed by atoms with Crippen LogP contribution < -0.4 is 14.8 Å². The van der Waals surface area contributed by atoms with Crippen LogP contribution in [0.5, 0.6) is 0 Å². The Morgan fingerprint density at radius 2 is 1.90 bits per heavy atom. The zero-order valence-corrected chi connectivity index (χ0v) is 18.8. The van der Waals surface area contributed by atoms with E-state index in [2.05, 4.69) is 24.9 Å². The van der Waals surface area contributed by atoms with Gasteiger partial charge in [-0.15, -0.1) is 0 Å². The van der Waals surface area contributed by atoms with Gasteiger partial charge in [0.25, 0.3) is 10.0 Å². The van der Waals surface area contributed by atoms with E-state index in [-0.39, 0.29) is 26.9 Å². The van der Waals surface area contributed by atoms with E-state index in [0.29, 0.717) is 18.8 Å². The Balaban J connectivity index is 1.71. The molecule has 1 aliphatic heterocycles. The van der Waals surface area contributed by atoms with Crippen molar-refractivity contribution in [2.45, 2.75) is 49.4 Å². The molecule has 13 heteroatoms. The maximum atomic E-state index is 12.6. The van der Waals surface area contributed by atoms with Crippen molar-refractivity contribution >= 4 is 37.5 Å². The van der Waals surface area contributed by atoms with E-state index in [0.717, 1.165) is 6.42 Å². The third kappa shape index (κ3) is 5.29. The van der Waals surface area contributed by atoms with Crippen molar-refractivity contribution < 1.29 is 26.2 Å². The number of nitrogens with zero attached hydrogens (tertiary/aromatic N) is 2. The summed E-state index contributed by atoms with van der Waals surface area (Å²) >= 11 is 0. The lowest BCUT2D eigenvalue weighted by molar-refractivity contribution is -0.117. The lowest BCUT2D eigenvalue weighted by atomic mass is 10.3. The van der Waals surface area contributed by atoms with Crippen LogP contribution in [0.2, 0.25) is 0 Å². The first-order valence-corrected chi connectivity index (χ1v) is 12.4. The molecule has 0 aliphatic carbocycles. The summed E-state index contributed by atoms with van der Waals surface area (Å²) in [6.45, 7) is 4.88. The Hall–Kier alpha value is -2.77. The van der Waals surface area contributed by atoms with E-state index in [1.165, 1.54) is 45.0 Å². The molecule has 0 saturated carbocycles. The predicted octanol–water partition coefficient (Wildman–Crippen LogP) is 1.07. The molecule has 1 aromatic heterocycles. The van der Waals surface area contributed by atoms with Crippen LogP contribution in [-0.4, -0.2) is 46.3 Å². The van der Waals surface area contributed by atoms with Crippen LogP contribution in [0.1, 0.15) is 31.2 Å². The van der Waals surface area contributed by atoms with Crippen LogP contribution in [0.15, 0.2) is 43.6 Å². The second-order valence-electron chi connectivity index (χ2n) is 7.05. The molecule has 0 radical (unpaired) electrons. The van der Waals surface area contributed by atoms with Gasteiger partial charge in [-0.25, -0.2) is 16.8 Å². The summed E-state index contributed by atoms with van der Waals surface area (Å²) in [5, 5.41) is 6.12. The second kappa shape index (κ2) is 8.77. The molecule has 0 unspecified atom stereocenters. The number of hydrogen-bond donors (Lipinski definition) is 3. The summed E-state index contributed by atoms with van der Waals surface area (Å²) in [5.41, 5.74) is 0.375. The summed E-state index contributed by atoms with van der Waals surface area (Å²) in [7, 11) is -7.90. The highest BCUT2D eigenvalue weighted by atomic mass is 32.2. The van der Waals surface area contributed by atoms with Gasteiger partial charge in [0, 0.05) is 18.7 Å². The Bertz CT molecular complexity index is 1210. The quantitative estimate of drug-likeness (QED) is 0.546. The van der Waals surface area contributed by atoms with Crippen LogP contribution in [0.3, 0.4) is 0 Å². The summed E-state index contributed by atoms with van der Waals surface area (Å²) in [6.07, 6.45) is 1.34. The van der Waals surface area contributed by atoms with Crippen molar-refractivity contribution in [1.29, 1.82) is 0 Å². The number of sulfonamides is 2. The smallest absolute Gasteiger partial charge is 0.262 e. The fraction of sp³-hybridized carbons (Fsp3) is 0.389. The molecule has 1 atom stereocenters. The molecule has 0 saturated heterocycles. The van der Waals surface area contributed by atoms with Crippen LogP contribution in [-0.2, 0) is 24.8 Å². The Morgan fingerprint density at radius 3 is 2.52 bits per heavy atom. The molecular weight excluding hydrogens is 446 g/mol. The topological polar surface area (TPSA) is 160 Å². The molecular formula is C18H23N5O6S2. The number of aromatic nitrogens is 1. The molecule has 3 N–H and O–H groups in total. The highest BCUT2D eigenvalue weighted by molar-refractivity contribution is 7.90. The first-order valence-electron chi connectivity index (χ1n) is 9.42. The number of benzene rings is 1. The molecule has 0 spiro atoms. The van der Waals surface area contributed by atoms with Crippen molar-refractivity contribution in [3.8, 4) is 0 Å². The van der Waals surface area contributed by atoms with Gasteiger partial charge >= 0.3 is 0 Å². The van der Waals surface area contributed by atoms with Crippen LogP contribution >= 0.6 is 0 Å². The van der Waals surface area contributed by atoms with Gasteiger partial charge < -0.3 is 9.84 Å². The SMILES string of the molecule is Cc1noc(C)c1S(=O)(=O)N[C@@H](C)C(=O)Nc1cccc(S(=O)(=O)NC2=NCCC2)c1. The molecule has 2 aromatic rings. The number of anilines is 1. The maximum Gasteiger partial charge on any atom is 0.262 e. The van der Waals surface area contributed by atoms with Gasteiger partial charge in [-0.2, -0.15) is 4.72 Å². The van der Waals surface area contributed by atoms with Crippen LogP contribution in [0.4, 0.5) is 5.69 Å². The first kappa shape index (κ1) is 22.9. The van der Waals surface area contributed by atoms with E-state index in [1.807, 2.05) is 0 Å². The zero-order valence-electron chi connectivity index (χ0n) is 17.2. The van der Waals surface area contributed by atoms with Crippen molar-refractivity contribution in [2.75, 3.05) is 11.9 Å². The van der Waals surface area contributed by atoms with Gasteiger partial charge in [0.05, 0.1) is 10.9 Å². The number of aryl methyl sites for hydroxylation is 2. The number of amidine groups is 1. The van der Waals surface area contributed by atoms with E-state index >= 15 is 0 Å². The summed E-state index contributed by atoms with van der Waals surface area (Å²) in [6, 6.07) is 4.49. The summed E-state index contributed by atoms with van der Waals surface area (Å²) < 4.78 is 59.8. The minimum Gasteiger partial charge on any atom is -0.360 e. The molecule has 1 aromatic carbocycles. The summed E-state index contributed by atoms with van der Waals surface area (Å²) in [4.78, 5) is 16.4. The van der Waals surface area contributed by atoms with Gasteiger partial charge in [0.2, 0.25) is 15.9 Å². The highest BCUT2D eigenvalue weighted by Crippen LogP contribution is 2.20. The molecule has 3 rings (SSSR count). The molecule has 11 nitrogen and oxygen atoms in total. The number of nitrogens with one attached hydrogen (secondary N) is 3. The Morgan fingerprint density at radius 1 is 1.16 bits per heavy atom. The van der Waals surface area contributed by atoms with E-state index in [1.54, 1.807) is 0 Å². The number of hydrogen-bond acceptors (Lipinski definition) is 8. The molecule has 2 heterocycles. The van der Waals surface area contributed by atoms with Gasteiger partial charge in [-0.1, -0.05) is 11.2 Å². The normalized spacial score (nSPS) is 15.4. The van der Waals surface area contributed by atoms with Gasteiger partial charge in [-0.3, -0.25) is 14.5 Å². The predicted molar refractivity (Wildman–Crippen MR) is 113 cm³/mol. The van der Waals surface area contributed by atoms with Crippen molar-refractivity contribution in [3.63, 3.8) is 0 Å². The van der Waals surface area contributed by atoms with E-state index in [9.17, 15) is 21.6 Å². The van der Waals surface area contributed by atoms with Gasteiger partial charge in [0.1, 0.15) is 16.4 Å². The molecule has 0 fully saturated rings. The maximum absolute atomic E-state index is 12.6. The van der Waals surface area contributed by atoms with E-state index < -0.39 is 32.0 Å². The van der Waals surface area contributed by atoms with Crippen LogP contribution in [0, 0.1) is 13.8 Å². The highest BCUT2D eigenvalue weighted by Gasteiger charge is 2.28. The molecule has 1 aliphatic rings. The van der Waals surface area contributed by atoms with Crippen LogP contribution in [0.25, 0.3) is 0 Å². The number of carbonyl (C=O) groups is 1. The number of rotatable bonds is 7. The second-order valence-corrected chi connectivity index (χ2v) is 10.4. The van der Waals surface area contributed by atoms with Crippen molar-refractivity contribution in [1.82, 2.24) is 14.6 Å². The third-order valence-electron chi connectivity index (χ3n) is 4.50. The van der Waals surface area contributed by atoms with Crippen molar-refractivity contribution in [3.05, 3.63) is 35.7 Å². The van der Waals surface area contributed by atoms with Crippen molar-refractivity contribution in [2.24, 2.45) is 4.99 Å². The van der Waals surface area contributed by atoms with Gasteiger partial charge in [0.15, 0.2) is 5.76 Å². The lowest BCUT2D eigenvalue weighted by Gasteiger charge is -2.15. The number of amides is 1. The fourth-order valence-corrected chi connectivity index (χ4v) is 5.70. The largest absolute Gasteiger partial charge is 0.360 e. The lowest BCUT2D eigenvalue weighted by Crippen LogP contribution is -2.41. The average Bonchev–Trinajstić information content (AvgIpc) is 3.30. The molecule has 31 heavy (non-hydrogen) atoms. The Labute approximate surface area is 180 Å². The molecule has 168 valence electrons. The average molecular weight is 470 g/mol. The fourth-order valence-electron chi connectivity index (χ4n) is 3.03. The first-order chi connectivity index (χ1) is 14.5. The molecule has 0 bridgehead atoms.